The molecule has 0 aliphatic carbocycles. The topological polar surface area (TPSA) is 79.4 Å². The quantitative estimate of drug-likeness (QED) is 0.531. The SMILES string of the molecule is CNCCn1nnnc1SCCCCC#N. The molecule has 1 heterocycles. The highest BCUT2D eigenvalue weighted by molar-refractivity contribution is 7.99. The number of likely N-dealkylation sites (N-methyl/N-ethyl adjacent to an activating group) is 1. The van der Waals surface area contributed by atoms with Crippen LogP contribution in [0.15, 0.2) is 5.16 Å². The molecule has 1 rings (SSSR count). The van der Waals surface area contributed by atoms with Crippen molar-refractivity contribution >= 4 is 11.8 Å². The van der Waals surface area contributed by atoms with E-state index in [1.807, 2.05) is 7.05 Å². The minimum absolute atomic E-state index is 0.630. The summed E-state index contributed by atoms with van der Waals surface area (Å²) >= 11 is 1.64. The van der Waals surface area contributed by atoms with Crippen molar-refractivity contribution in [3.8, 4) is 6.07 Å². The highest BCUT2D eigenvalue weighted by Crippen LogP contribution is 2.15. The molecule has 0 spiro atoms. The Hall–Kier alpha value is -1.13. The van der Waals surface area contributed by atoms with Crippen molar-refractivity contribution in [2.45, 2.75) is 31.0 Å². The van der Waals surface area contributed by atoms with Crippen LogP contribution in [0.2, 0.25) is 0 Å². The molecule has 0 amide bonds. The van der Waals surface area contributed by atoms with Crippen LogP contribution >= 0.6 is 11.8 Å². The van der Waals surface area contributed by atoms with Gasteiger partial charge in [0, 0.05) is 18.7 Å². The van der Waals surface area contributed by atoms with Gasteiger partial charge in [0.15, 0.2) is 0 Å². The molecule has 88 valence electrons. The number of hydrogen-bond acceptors (Lipinski definition) is 6. The summed E-state index contributed by atoms with van der Waals surface area (Å²) in [5.74, 6) is 0.960. The second kappa shape index (κ2) is 8.07. The van der Waals surface area contributed by atoms with E-state index in [4.69, 9.17) is 5.26 Å². The summed E-state index contributed by atoms with van der Waals surface area (Å²) in [4.78, 5) is 0. The fourth-order valence-electron chi connectivity index (χ4n) is 1.13. The van der Waals surface area contributed by atoms with E-state index in [1.165, 1.54) is 0 Å². The van der Waals surface area contributed by atoms with E-state index in [2.05, 4.69) is 26.9 Å². The van der Waals surface area contributed by atoms with E-state index < -0.39 is 0 Å². The van der Waals surface area contributed by atoms with Gasteiger partial charge in [-0.25, -0.2) is 4.68 Å². The van der Waals surface area contributed by atoms with Crippen molar-refractivity contribution in [3.05, 3.63) is 0 Å². The van der Waals surface area contributed by atoms with Gasteiger partial charge in [-0.3, -0.25) is 0 Å². The largest absolute Gasteiger partial charge is 0.318 e. The number of nitriles is 1. The Morgan fingerprint density at radius 3 is 3.12 bits per heavy atom. The monoisotopic (exact) mass is 240 g/mol. The van der Waals surface area contributed by atoms with Gasteiger partial charge in [-0.15, -0.1) is 5.10 Å². The molecule has 0 radical (unpaired) electrons. The van der Waals surface area contributed by atoms with Crippen LogP contribution in [0, 0.1) is 11.3 Å². The fourth-order valence-corrected chi connectivity index (χ4v) is 2.03. The highest BCUT2D eigenvalue weighted by atomic mass is 32.2. The molecule has 0 saturated carbocycles. The van der Waals surface area contributed by atoms with Gasteiger partial charge >= 0.3 is 0 Å². The Bertz CT molecular complexity index is 331. The molecule has 6 nitrogen and oxygen atoms in total. The molecule has 0 aliphatic heterocycles. The van der Waals surface area contributed by atoms with Crippen LogP contribution in [0.4, 0.5) is 0 Å². The van der Waals surface area contributed by atoms with E-state index in [0.717, 1.165) is 36.8 Å². The zero-order chi connectivity index (χ0) is 11.6. The molecule has 1 aromatic heterocycles. The van der Waals surface area contributed by atoms with Crippen LogP contribution in [-0.2, 0) is 6.54 Å². The Labute approximate surface area is 99.4 Å². The lowest BCUT2D eigenvalue weighted by atomic mass is 10.3. The number of thioether (sulfide) groups is 1. The summed E-state index contributed by atoms with van der Waals surface area (Å²) in [6.45, 7) is 1.64. The Morgan fingerprint density at radius 1 is 1.50 bits per heavy atom. The van der Waals surface area contributed by atoms with Crippen molar-refractivity contribution < 1.29 is 0 Å². The first-order valence-electron chi connectivity index (χ1n) is 5.29. The first kappa shape index (κ1) is 12.9. The second-order valence-corrected chi connectivity index (χ2v) is 4.31. The minimum atomic E-state index is 0.630. The standard InChI is InChI=1S/C9H16N6S/c1-11-6-7-15-9(12-13-14-15)16-8-4-2-3-5-10/h11H,2-4,6-8H2,1H3. The lowest BCUT2D eigenvalue weighted by molar-refractivity contribution is 0.530. The number of nitrogens with zero attached hydrogens (tertiary/aromatic N) is 5. The maximum atomic E-state index is 8.39. The summed E-state index contributed by atoms with van der Waals surface area (Å²) in [5, 5.41) is 23.8. The van der Waals surface area contributed by atoms with E-state index in [-0.39, 0.29) is 0 Å². The molecule has 16 heavy (non-hydrogen) atoms. The van der Waals surface area contributed by atoms with Crippen molar-refractivity contribution in [2.75, 3.05) is 19.3 Å². The molecule has 0 unspecified atom stereocenters. The molecule has 1 aromatic rings. The van der Waals surface area contributed by atoms with Gasteiger partial charge in [0.05, 0.1) is 12.6 Å². The van der Waals surface area contributed by atoms with Gasteiger partial charge in [-0.05, 0) is 30.3 Å². The minimum Gasteiger partial charge on any atom is -0.318 e. The summed E-state index contributed by atoms with van der Waals surface area (Å²) in [6, 6.07) is 2.14. The Kier molecular flexibility index (Phi) is 6.53. The number of hydrogen-bond donors (Lipinski definition) is 1. The van der Waals surface area contributed by atoms with Crippen LogP contribution in [0.3, 0.4) is 0 Å². The molecular formula is C9H16N6S. The smallest absolute Gasteiger partial charge is 0.209 e. The predicted molar refractivity (Wildman–Crippen MR) is 61.9 cm³/mol. The van der Waals surface area contributed by atoms with Gasteiger partial charge < -0.3 is 5.32 Å². The maximum absolute atomic E-state index is 8.39. The average molecular weight is 240 g/mol. The molecular weight excluding hydrogens is 224 g/mol. The number of unbranched alkanes of at least 4 members (excludes halogenated alkanes) is 2. The molecule has 0 aromatic carbocycles. The van der Waals surface area contributed by atoms with E-state index in [0.29, 0.717) is 6.42 Å². The van der Waals surface area contributed by atoms with Crippen LogP contribution in [0.1, 0.15) is 19.3 Å². The number of nitrogens with one attached hydrogen (secondary N) is 1. The van der Waals surface area contributed by atoms with Gasteiger partial charge in [0.1, 0.15) is 0 Å². The fraction of sp³-hybridized carbons (Fsp3) is 0.778. The summed E-state index contributed by atoms with van der Waals surface area (Å²) in [6.07, 6.45) is 2.60. The van der Waals surface area contributed by atoms with Gasteiger partial charge in [-0.2, -0.15) is 5.26 Å². The van der Waals surface area contributed by atoms with Gasteiger partial charge in [0.25, 0.3) is 0 Å². The Balaban J connectivity index is 2.25. The third kappa shape index (κ3) is 4.59. The number of rotatable bonds is 8. The molecule has 0 fully saturated rings. The Morgan fingerprint density at radius 2 is 2.38 bits per heavy atom. The predicted octanol–water partition coefficient (Wildman–Crippen LogP) is 0.678. The molecule has 0 atom stereocenters. The van der Waals surface area contributed by atoms with Crippen molar-refractivity contribution in [1.29, 1.82) is 5.26 Å². The molecule has 0 bridgehead atoms. The van der Waals surface area contributed by atoms with Crippen molar-refractivity contribution in [3.63, 3.8) is 0 Å². The average Bonchev–Trinajstić information content (AvgIpc) is 2.74. The van der Waals surface area contributed by atoms with Gasteiger partial charge in [0.2, 0.25) is 5.16 Å². The van der Waals surface area contributed by atoms with Crippen LogP contribution in [0.25, 0.3) is 0 Å². The van der Waals surface area contributed by atoms with Crippen LogP contribution in [0.5, 0.6) is 0 Å². The zero-order valence-electron chi connectivity index (χ0n) is 9.39. The van der Waals surface area contributed by atoms with E-state index >= 15 is 0 Å². The van der Waals surface area contributed by atoms with E-state index in [1.54, 1.807) is 16.4 Å². The van der Waals surface area contributed by atoms with Gasteiger partial charge in [-0.1, -0.05) is 11.8 Å². The zero-order valence-corrected chi connectivity index (χ0v) is 10.2. The highest BCUT2D eigenvalue weighted by Gasteiger charge is 2.05. The molecule has 0 saturated heterocycles. The lowest BCUT2D eigenvalue weighted by Gasteiger charge is -2.02. The summed E-state index contributed by atoms with van der Waals surface area (Å²) < 4.78 is 1.80. The van der Waals surface area contributed by atoms with Crippen molar-refractivity contribution in [2.24, 2.45) is 0 Å². The lowest BCUT2D eigenvalue weighted by Crippen LogP contribution is -2.16. The summed E-state index contributed by atoms with van der Waals surface area (Å²) in [7, 11) is 1.90. The second-order valence-electron chi connectivity index (χ2n) is 3.25. The first-order chi connectivity index (χ1) is 7.88. The van der Waals surface area contributed by atoms with E-state index in [9.17, 15) is 0 Å². The third-order valence-electron chi connectivity index (χ3n) is 1.99. The van der Waals surface area contributed by atoms with Crippen molar-refractivity contribution in [1.82, 2.24) is 25.5 Å². The normalized spacial score (nSPS) is 10.2. The number of aromatic nitrogens is 4. The maximum Gasteiger partial charge on any atom is 0.209 e. The summed E-state index contributed by atoms with van der Waals surface area (Å²) in [5.41, 5.74) is 0. The molecule has 1 N–H and O–H groups in total. The van der Waals surface area contributed by atoms with Crippen LogP contribution < -0.4 is 5.32 Å². The third-order valence-corrected chi connectivity index (χ3v) is 3.03. The first-order valence-corrected chi connectivity index (χ1v) is 6.27. The molecule has 7 heteroatoms. The van der Waals surface area contributed by atoms with Crippen LogP contribution in [-0.4, -0.2) is 39.6 Å². The number of tetrazole rings is 1. The molecule has 0 aliphatic rings.